The Kier molecular flexibility index (Phi) is 6.50. The van der Waals surface area contributed by atoms with Gasteiger partial charge in [-0.15, -0.1) is 22.7 Å². The smallest absolute Gasteiger partial charge is 0.264 e. The van der Waals surface area contributed by atoms with Gasteiger partial charge in [0, 0.05) is 37.1 Å². The van der Waals surface area contributed by atoms with Gasteiger partial charge in [0.2, 0.25) is 5.91 Å². The Hall–Kier alpha value is -2.55. The molecule has 1 aliphatic rings. The average molecular weight is 455 g/mol. The van der Waals surface area contributed by atoms with E-state index in [0.29, 0.717) is 37.9 Å². The molecule has 4 rings (SSSR count). The van der Waals surface area contributed by atoms with Crippen molar-refractivity contribution < 1.29 is 9.59 Å². The third-order valence-electron chi connectivity index (χ3n) is 5.44. The van der Waals surface area contributed by atoms with Crippen molar-refractivity contribution in [2.75, 3.05) is 38.0 Å². The number of carbonyl (C=O) groups is 2. The first-order chi connectivity index (χ1) is 14.9. The fourth-order valence-corrected chi connectivity index (χ4v) is 5.47. The molecule has 2 amide bonds. The highest BCUT2D eigenvalue weighted by Gasteiger charge is 2.24. The van der Waals surface area contributed by atoms with Crippen LogP contribution in [-0.4, -0.2) is 59.3 Å². The molecule has 1 N–H and O–H groups in total. The summed E-state index contributed by atoms with van der Waals surface area (Å²) in [6, 6.07) is 8.06. The van der Waals surface area contributed by atoms with Gasteiger partial charge in [-0.2, -0.15) is 0 Å². The van der Waals surface area contributed by atoms with Gasteiger partial charge in [-0.05, 0) is 43.3 Å². The number of benzene rings is 1. The lowest BCUT2D eigenvalue weighted by Gasteiger charge is -2.34. The second kappa shape index (κ2) is 9.30. The van der Waals surface area contributed by atoms with Crippen molar-refractivity contribution in [1.29, 1.82) is 0 Å². The summed E-state index contributed by atoms with van der Waals surface area (Å²) in [4.78, 5) is 34.3. The molecule has 0 aliphatic carbocycles. The number of anilines is 1. The maximum Gasteiger partial charge on any atom is 0.264 e. The number of thiophene rings is 1. The van der Waals surface area contributed by atoms with E-state index in [4.69, 9.17) is 0 Å². The van der Waals surface area contributed by atoms with Crippen LogP contribution in [-0.2, 0) is 4.79 Å². The second-order valence-corrected chi connectivity index (χ2v) is 9.71. The number of carbonyl (C=O) groups excluding carboxylic acids is 2. The molecule has 162 valence electrons. The Balaban J connectivity index is 1.31. The van der Waals surface area contributed by atoms with Crippen molar-refractivity contribution >= 4 is 39.6 Å². The van der Waals surface area contributed by atoms with Crippen molar-refractivity contribution in [2.24, 2.45) is 0 Å². The molecule has 0 radical (unpaired) electrons. The maximum atomic E-state index is 12.5. The fourth-order valence-electron chi connectivity index (χ4n) is 4.06. The SMILES string of the molecule is Cc1cc(C)c(-c2csc(NC(=O)CN3CCN(C(=O)c4cccs4)CC3)n2)c(C)c1. The van der Waals surface area contributed by atoms with E-state index in [9.17, 15) is 9.59 Å². The van der Waals surface area contributed by atoms with E-state index in [1.165, 1.54) is 39.4 Å². The summed E-state index contributed by atoms with van der Waals surface area (Å²) in [5.74, 6) is 0.00684. The minimum atomic E-state index is -0.0729. The van der Waals surface area contributed by atoms with Crippen LogP contribution in [0.1, 0.15) is 26.4 Å². The first-order valence-electron chi connectivity index (χ1n) is 10.3. The quantitative estimate of drug-likeness (QED) is 0.628. The number of piperazine rings is 1. The van der Waals surface area contributed by atoms with Gasteiger partial charge < -0.3 is 10.2 Å². The third-order valence-corrected chi connectivity index (χ3v) is 7.06. The molecule has 1 saturated heterocycles. The number of hydrogen-bond donors (Lipinski definition) is 1. The molecule has 0 spiro atoms. The normalized spacial score (nSPS) is 14.6. The number of aromatic nitrogens is 1. The van der Waals surface area contributed by atoms with Crippen molar-refractivity contribution in [3.63, 3.8) is 0 Å². The van der Waals surface area contributed by atoms with Crippen LogP contribution in [0.25, 0.3) is 11.3 Å². The van der Waals surface area contributed by atoms with Crippen molar-refractivity contribution in [2.45, 2.75) is 20.8 Å². The average Bonchev–Trinajstić information content (AvgIpc) is 3.40. The molecule has 0 bridgehead atoms. The van der Waals surface area contributed by atoms with E-state index in [1.807, 2.05) is 27.8 Å². The molecular formula is C23H26N4O2S2. The summed E-state index contributed by atoms with van der Waals surface area (Å²) in [6.45, 7) is 9.23. The molecule has 1 aliphatic heterocycles. The number of nitrogens with one attached hydrogen (secondary N) is 1. The minimum Gasteiger partial charge on any atom is -0.335 e. The molecule has 3 heterocycles. The Morgan fingerprint density at radius 1 is 1.06 bits per heavy atom. The van der Waals surface area contributed by atoms with Gasteiger partial charge in [0.1, 0.15) is 0 Å². The predicted octanol–water partition coefficient (Wildman–Crippen LogP) is 4.19. The topological polar surface area (TPSA) is 65.5 Å². The maximum absolute atomic E-state index is 12.5. The molecule has 0 unspecified atom stereocenters. The monoisotopic (exact) mass is 454 g/mol. The zero-order chi connectivity index (χ0) is 22.0. The lowest BCUT2D eigenvalue weighted by atomic mass is 9.98. The van der Waals surface area contributed by atoms with Crippen LogP contribution in [0.15, 0.2) is 35.0 Å². The molecule has 0 saturated carbocycles. The Morgan fingerprint density at radius 3 is 2.42 bits per heavy atom. The molecular weight excluding hydrogens is 428 g/mol. The van der Waals surface area contributed by atoms with E-state index in [-0.39, 0.29) is 11.8 Å². The molecule has 8 heteroatoms. The number of nitrogens with zero attached hydrogens (tertiary/aromatic N) is 3. The second-order valence-electron chi connectivity index (χ2n) is 7.91. The Labute approximate surface area is 190 Å². The van der Waals surface area contributed by atoms with E-state index < -0.39 is 0 Å². The van der Waals surface area contributed by atoms with Crippen molar-refractivity contribution in [3.8, 4) is 11.3 Å². The highest BCUT2D eigenvalue weighted by atomic mass is 32.1. The predicted molar refractivity (Wildman–Crippen MR) is 127 cm³/mol. The number of aryl methyl sites for hydroxylation is 3. The first-order valence-corrected chi connectivity index (χ1v) is 12.1. The van der Waals surface area contributed by atoms with Crippen LogP contribution in [0.3, 0.4) is 0 Å². The van der Waals surface area contributed by atoms with E-state index in [2.05, 4.69) is 48.1 Å². The van der Waals surface area contributed by atoms with Gasteiger partial charge >= 0.3 is 0 Å². The first kappa shape index (κ1) is 21.7. The highest BCUT2D eigenvalue weighted by molar-refractivity contribution is 7.14. The number of thiazole rings is 1. The summed E-state index contributed by atoms with van der Waals surface area (Å²) < 4.78 is 0. The number of hydrogen-bond acceptors (Lipinski definition) is 6. The Morgan fingerprint density at radius 2 is 1.77 bits per heavy atom. The van der Waals surface area contributed by atoms with E-state index in [1.54, 1.807) is 0 Å². The Bertz CT molecular complexity index is 1060. The van der Waals surface area contributed by atoms with Crippen LogP contribution >= 0.6 is 22.7 Å². The molecule has 31 heavy (non-hydrogen) atoms. The lowest BCUT2D eigenvalue weighted by Crippen LogP contribution is -2.50. The summed E-state index contributed by atoms with van der Waals surface area (Å²) in [6.07, 6.45) is 0. The molecule has 2 aromatic heterocycles. The summed E-state index contributed by atoms with van der Waals surface area (Å²) >= 11 is 2.91. The minimum absolute atomic E-state index is 0.0729. The number of rotatable bonds is 5. The van der Waals surface area contributed by atoms with E-state index in [0.717, 1.165) is 16.1 Å². The number of amides is 2. The summed E-state index contributed by atoms with van der Waals surface area (Å²) in [5.41, 5.74) is 5.65. The summed E-state index contributed by atoms with van der Waals surface area (Å²) in [7, 11) is 0. The van der Waals surface area contributed by atoms with Crippen LogP contribution in [0.2, 0.25) is 0 Å². The third kappa shape index (κ3) is 5.03. The fraction of sp³-hybridized carbons (Fsp3) is 0.348. The zero-order valence-corrected chi connectivity index (χ0v) is 19.6. The highest BCUT2D eigenvalue weighted by Crippen LogP contribution is 2.31. The van der Waals surface area contributed by atoms with Gasteiger partial charge in [0.15, 0.2) is 5.13 Å². The molecule has 0 atom stereocenters. The van der Waals surface area contributed by atoms with Gasteiger partial charge in [-0.3, -0.25) is 14.5 Å². The van der Waals surface area contributed by atoms with Gasteiger partial charge in [0.05, 0.1) is 17.1 Å². The lowest BCUT2D eigenvalue weighted by molar-refractivity contribution is -0.117. The largest absolute Gasteiger partial charge is 0.335 e. The van der Waals surface area contributed by atoms with Gasteiger partial charge in [-0.1, -0.05) is 23.8 Å². The van der Waals surface area contributed by atoms with E-state index >= 15 is 0 Å². The van der Waals surface area contributed by atoms with Crippen molar-refractivity contribution in [3.05, 3.63) is 56.6 Å². The summed E-state index contributed by atoms with van der Waals surface area (Å²) in [5, 5.41) is 7.46. The van der Waals surface area contributed by atoms with Crippen LogP contribution in [0, 0.1) is 20.8 Å². The zero-order valence-electron chi connectivity index (χ0n) is 18.0. The van der Waals surface area contributed by atoms with Crippen LogP contribution in [0.5, 0.6) is 0 Å². The standard InChI is InChI=1S/C23H26N4O2S2/c1-15-11-16(2)21(17(3)12-15)18-14-31-23(24-18)25-20(28)13-26-6-8-27(9-7-26)22(29)19-5-4-10-30-19/h4-5,10-12,14H,6-9,13H2,1-3H3,(H,24,25,28). The van der Waals surface area contributed by atoms with Gasteiger partial charge in [0.25, 0.3) is 5.91 Å². The van der Waals surface area contributed by atoms with Crippen LogP contribution in [0.4, 0.5) is 5.13 Å². The van der Waals surface area contributed by atoms with Crippen LogP contribution < -0.4 is 5.32 Å². The molecule has 3 aromatic rings. The molecule has 1 aromatic carbocycles. The molecule has 1 fully saturated rings. The van der Waals surface area contributed by atoms with Gasteiger partial charge in [-0.25, -0.2) is 4.98 Å². The van der Waals surface area contributed by atoms with Crippen molar-refractivity contribution in [1.82, 2.24) is 14.8 Å². The molecule has 6 nitrogen and oxygen atoms in total.